The van der Waals surface area contributed by atoms with Crippen LogP contribution in [-0.2, 0) is 11.3 Å². The van der Waals surface area contributed by atoms with Gasteiger partial charge in [0.25, 0.3) is 0 Å². The summed E-state index contributed by atoms with van der Waals surface area (Å²) in [5, 5.41) is 12.5. The SMILES string of the molecule is C=CCn1c(SCC(=O)NCC2CCCCC2)nnc1C1CC1. The molecule has 1 amide bonds. The van der Waals surface area contributed by atoms with Crippen molar-refractivity contribution >= 4 is 17.7 Å². The molecule has 2 aliphatic rings. The van der Waals surface area contributed by atoms with E-state index >= 15 is 0 Å². The van der Waals surface area contributed by atoms with Gasteiger partial charge in [-0.3, -0.25) is 4.79 Å². The summed E-state index contributed by atoms with van der Waals surface area (Å²) in [5.74, 6) is 2.78. The molecular formula is C17H26N4OS. The van der Waals surface area contributed by atoms with E-state index in [1.165, 1.54) is 56.7 Å². The number of hydrogen-bond donors (Lipinski definition) is 1. The van der Waals surface area contributed by atoms with E-state index in [4.69, 9.17) is 0 Å². The van der Waals surface area contributed by atoms with Crippen LogP contribution in [0, 0.1) is 5.92 Å². The molecule has 0 saturated heterocycles. The molecule has 23 heavy (non-hydrogen) atoms. The molecule has 3 rings (SSSR count). The molecular weight excluding hydrogens is 308 g/mol. The summed E-state index contributed by atoms with van der Waals surface area (Å²) < 4.78 is 2.10. The summed E-state index contributed by atoms with van der Waals surface area (Å²) >= 11 is 1.48. The lowest BCUT2D eigenvalue weighted by molar-refractivity contribution is -0.118. The first-order valence-corrected chi connectivity index (χ1v) is 9.70. The lowest BCUT2D eigenvalue weighted by atomic mass is 9.89. The number of rotatable bonds is 8. The van der Waals surface area contributed by atoms with Gasteiger partial charge < -0.3 is 9.88 Å². The van der Waals surface area contributed by atoms with Crippen LogP contribution >= 0.6 is 11.8 Å². The number of carbonyl (C=O) groups is 1. The molecule has 1 aromatic heterocycles. The molecule has 6 heteroatoms. The van der Waals surface area contributed by atoms with Gasteiger partial charge in [0.1, 0.15) is 5.82 Å². The van der Waals surface area contributed by atoms with E-state index in [1.54, 1.807) is 0 Å². The number of aromatic nitrogens is 3. The van der Waals surface area contributed by atoms with Gasteiger partial charge in [-0.25, -0.2) is 0 Å². The van der Waals surface area contributed by atoms with Crippen molar-refractivity contribution in [2.75, 3.05) is 12.3 Å². The second-order valence-corrected chi connectivity index (χ2v) is 7.55. The maximum Gasteiger partial charge on any atom is 0.230 e. The van der Waals surface area contributed by atoms with Gasteiger partial charge in [0, 0.05) is 19.0 Å². The lowest BCUT2D eigenvalue weighted by Crippen LogP contribution is -2.31. The number of nitrogens with one attached hydrogen (secondary N) is 1. The van der Waals surface area contributed by atoms with Gasteiger partial charge >= 0.3 is 0 Å². The third-order valence-electron chi connectivity index (χ3n) is 4.64. The van der Waals surface area contributed by atoms with Crippen LogP contribution in [0.25, 0.3) is 0 Å². The standard InChI is InChI=1S/C17H26N4OS/c1-2-10-21-16(14-8-9-14)19-20-17(21)23-12-15(22)18-11-13-6-4-3-5-7-13/h2,13-14H,1,3-12H2,(H,18,22). The Hall–Kier alpha value is -1.30. The summed E-state index contributed by atoms with van der Waals surface area (Å²) in [4.78, 5) is 12.1. The second kappa shape index (κ2) is 7.99. The highest BCUT2D eigenvalue weighted by molar-refractivity contribution is 7.99. The van der Waals surface area contributed by atoms with Crippen LogP contribution in [-0.4, -0.2) is 33.0 Å². The first kappa shape index (κ1) is 16.6. The monoisotopic (exact) mass is 334 g/mol. The number of carbonyl (C=O) groups excluding carboxylic acids is 1. The first-order valence-electron chi connectivity index (χ1n) is 8.71. The Morgan fingerprint density at radius 1 is 1.26 bits per heavy atom. The minimum Gasteiger partial charge on any atom is -0.355 e. The minimum absolute atomic E-state index is 0.0988. The Labute approximate surface area is 142 Å². The predicted octanol–water partition coefficient (Wildman–Crippen LogP) is 3.13. The molecule has 0 spiro atoms. The van der Waals surface area contributed by atoms with Crippen molar-refractivity contribution in [3.05, 3.63) is 18.5 Å². The van der Waals surface area contributed by atoms with Gasteiger partial charge in [0.2, 0.25) is 5.91 Å². The van der Waals surface area contributed by atoms with E-state index in [2.05, 4.69) is 26.7 Å². The lowest BCUT2D eigenvalue weighted by Gasteiger charge is -2.21. The summed E-state index contributed by atoms with van der Waals surface area (Å²) in [7, 11) is 0. The number of allylic oxidation sites excluding steroid dienone is 1. The van der Waals surface area contributed by atoms with Crippen LogP contribution in [0.3, 0.4) is 0 Å². The van der Waals surface area contributed by atoms with Crippen LogP contribution < -0.4 is 5.32 Å². The molecule has 0 aliphatic heterocycles. The van der Waals surface area contributed by atoms with Crippen molar-refractivity contribution in [3.63, 3.8) is 0 Å². The Balaban J connectivity index is 1.47. The normalized spacial score (nSPS) is 18.8. The van der Waals surface area contributed by atoms with Gasteiger partial charge in [-0.05, 0) is 31.6 Å². The third-order valence-corrected chi connectivity index (χ3v) is 5.61. The Bertz CT molecular complexity index is 547. The molecule has 2 aliphatic carbocycles. The largest absolute Gasteiger partial charge is 0.355 e. The molecule has 1 N–H and O–H groups in total. The average molecular weight is 334 g/mol. The van der Waals surface area contributed by atoms with E-state index in [1.807, 2.05) is 6.08 Å². The number of thioether (sulfide) groups is 1. The minimum atomic E-state index is 0.0988. The van der Waals surface area contributed by atoms with Crippen LogP contribution in [0.2, 0.25) is 0 Å². The van der Waals surface area contributed by atoms with E-state index in [0.717, 1.165) is 17.5 Å². The smallest absolute Gasteiger partial charge is 0.230 e. The highest BCUT2D eigenvalue weighted by atomic mass is 32.2. The van der Waals surface area contributed by atoms with Crippen LogP contribution in [0.1, 0.15) is 56.7 Å². The number of amides is 1. The average Bonchev–Trinajstić information content (AvgIpc) is 3.34. The third kappa shape index (κ3) is 4.59. The molecule has 2 fully saturated rings. The zero-order valence-corrected chi connectivity index (χ0v) is 14.5. The van der Waals surface area contributed by atoms with E-state index < -0.39 is 0 Å². The fraction of sp³-hybridized carbons (Fsp3) is 0.706. The van der Waals surface area contributed by atoms with E-state index in [0.29, 0.717) is 24.1 Å². The quantitative estimate of drug-likeness (QED) is 0.586. The Kier molecular flexibility index (Phi) is 5.75. The van der Waals surface area contributed by atoms with Gasteiger partial charge in [-0.2, -0.15) is 0 Å². The van der Waals surface area contributed by atoms with E-state index in [-0.39, 0.29) is 5.91 Å². The maximum atomic E-state index is 12.1. The van der Waals surface area contributed by atoms with E-state index in [9.17, 15) is 4.79 Å². The molecule has 0 unspecified atom stereocenters. The molecule has 1 aromatic rings. The molecule has 0 atom stereocenters. The fourth-order valence-corrected chi connectivity index (χ4v) is 3.97. The van der Waals surface area contributed by atoms with Gasteiger partial charge in [0.05, 0.1) is 5.75 Å². The highest BCUT2D eigenvalue weighted by Gasteiger charge is 2.30. The topological polar surface area (TPSA) is 59.8 Å². The molecule has 126 valence electrons. The number of nitrogens with zero attached hydrogens (tertiary/aromatic N) is 3. The molecule has 0 bridgehead atoms. The fourth-order valence-electron chi connectivity index (χ4n) is 3.18. The van der Waals surface area contributed by atoms with Crippen molar-refractivity contribution in [1.82, 2.24) is 20.1 Å². The van der Waals surface area contributed by atoms with Crippen LogP contribution in [0.4, 0.5) is 0 Å². The molecule has 1 heterocycles. The van der Waals surface area contributed by atoms with Crippen LogP contribution in [0.5, 0.6) is 0 Å². The first-order chi connectivity index (χ1) is 11.3. The zero-order chi connectivity index (χ0) is 16.1. The second-order valence-electron chi connectivity index (χ2n) is 6.61. The molecule has 2 saturated carbocycles. The zero-order valence-electron chi connectivity index (χ0n) is 13.7. The van der Waals surface area contributed by atoms with Gasteiger partial charge in [-0.15, -0.1) is 16.8 Å². The van der Waals surface area contributed by atoms with Crippen molar-refractivity contribution in [1.29, 1.82) is 0 Å². The molecule has 0 radical (unpaired) electrons. The van der Waals surface area contributed by atoms with Crippen molar-refractivity contribution in [3.8, 4) is 0 Å². The summed E-state index contributed by atoms with van der Waals surface area (Å²) in [6.07, 6.45) is 10.7. The number of hydrogen-bond acceptors (Lipinski definition) is 4. The van der Waals surface area contributed by atoms with Crippen molar-refractivity contribution in [2.24, 2.45) is 5.92 Å². The predicted molar refractivity (Wildman–Crippen MR) is 92.5 cm³/mol. The van der Waals surface area contributed by atoms with Gasteiger partial charge in [-0.1, -0.05) is 37.1 Å². The summed E-state index contributed by atoms with van der Waals surface area (Å²) in [6, 6.07) is 0. The Morgan fingerprint density at radius 2 is 2.04 bits per heavy atom. The highest BCUT2D eigenvalue weighted by Crippen LogP contribution is 2.40. The van der Waals surface area contributed by atoms with Crippen LogP contribution in [0.15, 0.2) is 17.8 Å². The maximum absolute atomic E-state index is 12.1. The summed E-state index contributed by atoms with van der Waals surface area (Å²) in [5.41, 5.74) is 0. The summed E-state index contributed by atoms with van der Waals surface area (Å²) in [6.45, 7) is 5.35. The molecule has 5 nitrogen and oxygen atoms in total. The van der Waals surface area contributed by atoms with Gasteiger partial charge in [0.15, 0.2) is 5.16 Å². The van der Waals surface area contributed by atoms with Crippen molar-refractivity contribution in [2.45, 2.75) is 62.6 Å². The van der Waals surface area contributed by atoms with Crippen molar-refractivity contribution < 1.29 is 4.79 Å². The molecule has 0 aromatic carbocycles. The Morgan fingerprint density at radius 3 is 2.74 bits per heavy atom.